The summed E-state index contributed by atoms with van der Waals surface area (Å²) in [6.07, 6.45) is 6.14. The number of unbranched alkanes of at least 4 members (excludes halogenated alkanes) is 3. The van der Waals surface area contributed by atoms with Crippen molar-refractivity contribution in [3.63, 3.8) is 0 Å². The molecule has 1 fully saturated rings. The fraction of sp³-hybridized carbons (Fsp3) is 0.353. The van der Waals surface area contributed by atoms with Gasteiger partial charge in [0, 0.05) is 41.5 Å². The molecule has 1 aliphatic heterocycles. The number of ether oxygens (including phenoxy) is 1. The van der Waals surface area contributed by atoms with Crippen LogP contribution in [0.1, 0.15) is 75.2 Å². The first-order valence-electron chi connectivity index (χ1n) is 15.2. The van der Waals surface area contributed by atoms with Crippen LogP contribution in [0.4, 0.5) is 11.4 Å². The molecule has 0 aromatic heterocycles. The van der Waals surface area contributed by atoms with E-state index in [1.54, 1.807) is 54.6 Å². The van der Waals surface area contributed by atoms with E-state index in [1.807, 2.05) is 24.1 Å². The number of anilines is 2. The molecule has 1 heterocycles. The molecule has 44 heavy (non-hydrogen) atoms. The number of carbonyl (C=O) groups excluding carboxylic acids is 4. The van der Waals surface area contributed by atoms with Gasteiger partial charge in [0.1, 0.15) is 5.75 Å². The molecule has 4 N–H and O–H groups in total. The Balaban J connectivity index is 1.15. The van der Waals surface area contributed by atoms with Gasteiger partial charge in [0.05, 0.1) is 5.69 Å². The van der Waals surface area contributed by atoms with Gasteiger partial charge in [0.15, 0.2) is 6.61 Å². The minimum atomic E-state index is -0.285. The van der Waals surface area contributed by atoms with E-state index in [2.05, 4.69) is 21.3 Å². The zero-order valence-electron chi connectivity index (χ0n) is 25.0. The number of nitrogens with one attached hydrogen (secondary N) is 4. The molecule has 0 radical (unpaired) electrons. The fourth-order valence-electron chi connectivity index (χ4n) is 5.11. The lowest BCUT2D eigenvalue weighted by Gasteiger charge is -2.24. The molecule has 4 amide bonds. The molecule has 0 bridgehead atoms. The number of benzene rings is 3. The van der Waals surface area contributed by atoms with Gasteiger partial charge < -0.3 is 30.9 Å². The molecule has 3 aromatic rings. The summed E-state index contributed by atoms with van der Waals surface area (Å²) in [6, 6.07) is 19.3. The van der Waals surface area contributed by atoms with Crippen LogP contribution in [0.3, 0.4) is 0 Å². The summed E-state index contributed by atoms with van der Waals surface area (Å²) in [5.74, 6) is -0.288. The van der Waals surface area contributed by atoms with Crippen molar-refractivity contribution in [2.45, 2.75) is 51.1 Å². The lowest BCUT2D eigenvalue weighted by atomic mass is 10.1. The standard InChI is InChI=1S/C34H39N5O5/c1-35-17-4-2-3-5-18-36-32(41)25-7-6-8-27(19-25)37-33(42)24-11-9-23(10-12-24)21-39(28-14-15-28)34(43)26-13-16-29-30(20-26)44-22-31(40)38-29/h6-13,16,19-20,28,35H,2-5,14-15,17-18,21-22H2,1H3,(H,36,41)(H,37,42)(H,38,40). The van der Waals surface area contributed by atoms with Gasteiger partial charge in [-0.15, -0.1) is 0 Å². The average molecular weight is 598 g/mol. The number of hydrogen-bond donors (Lipinski definition) is 4. The van der Waals surface area contributed by atoms with E-state index < -0.39 is 0 Å². The first-order valence-corrected chi connectivity index (χ1v) is 15.2. The molecule has 5 rings (SSSR count). The van der Waals surface area contributed by atoms with Gasteiger partial charge in [0.2, 0.25) is 0 Å². The topological polar surface area (TPSA) is 129 Å². The average Bonchev–Trinajstić information content (AvgIpc) is 3.88. The van der Waals surface area contributed by atoms with Crippen molar-refractivity contribution < 1.29 is 23.9 Å². The third kappa shape index (κ3) is 8.23. The Morgan fingerprint density at radius 3 is 2.36 bits per heavy atom. The summed E-state index contributed by atoms with van der Waals surface area (Å²) in [7, 11) is 1.95. The molecular formula is C34H39N5O5. The third-order valence-corrected chi connectivity index (χ3v) is 7.70. The van der Waals surface area contributed by atoms with Gasteiger partial charge in [-0.2, -0.15) is 0 Å². The summed E-state index contributed by atoms with van der Waals surface area (Å²) >= 11 is 0. The minimum absolute atomic E-state index is 0.0739. The van der Waals surface area contributed by atoms with Crippen LogP contribution in [0.5, 0.6) is 5.75 Å². The summed E-state index contributed by atoms with van der Waals surface area (Å²) in [6.45, 7) is 1.96. The Hall–Kier alpha value is -4.70. The molecule has 1 aliphatic carbocycles. The Morgan fingerprint density at radius 1 is 0.864 bits per heavy atom. The Bertz CT molecular complexity index is 1500. The van der Waals surface area contributed by atoms with E-state index in [4.69, 9.17) is 4.74 Å². The zero-order valence-corrected chi connectivity index (χ0v) is 25.0. The minimum Gasteiger partial charge on any atom is -0.482 e. The highest BCUT2D eigenvalue weighted by Crippen LogP contribution is 2.33. The van der Waals surface area contributed by atoms with Crippen LogP contribution in [0, 0.1) is 0 Å². The van der Waals surface area contributed by atoms with Crippen LogP contribution in [0.2, 0.25) is 0 Å². The predicted molar refractivity (Wildman–Crippen MR) is 169 cm³/mol. The van der Waals surface area contributed by atoms with Crippen molar-refractivity contribution in [1.29, 1.82) is 0 Å². The number of rotatable bonds is 14. The molecule has 3 aromatic carbocycles. The Labute approximate surface area is 257 Å². The molecule has 10 heteroatoms. The molecule has 0 unspecified atom stereocenters. The number of amides is 4. The number of fused-ring (bicyclic) bond motifs is 1. The van der Waals surface area contributed by atoms with Gasteiger partial charge in [-0.3, -0.25) is 19.2 Å². The quantitative estimate of drug-likeness (QED) is 0.201. The van der Waals surface area contributed by atoms with Crippen LogP contribution >= 0.6 is 0 Å². The van der Waals surface area contributed by atoms with Crippen molar-refractivity contribution in [1.82, 2.24) is 15.5 Å². The fourth-order valence-corrected chi connectivity index (χ4v) is 5.11. The van der Waals surface area contributed by atoms with E-state index in [0.29, 0.717) is 46.9 Å². The van der Waals surface area contributed by atoms with Crippen molar-refractivity contribution in [2.24, 2.45) is 0 Å². The molecule has 0 saturated heterocycles. The summed E-state index contributed by atoms with van der Waals surface area (Å²) < 4.78 is 5.49. The highest BCUT2D eigenvalue weighted by molar-refractivity contribution is 6.05. The van der Waals surface area contributed by atoms with E-state index >= 15 is 0 Å². The second kappa shape index (κ2) is 14.7. The summed E-state index contributed by atoms with van der Waals surface area (Å²) in [4.78, 5) is 52.4. The normalized spacial score (nSPS) is 13.7. The third-order valence-electron chi connectivity index (χ3n) is 7.70. The van der Waals surface area contributed by atoms with E-state index in [1.165, 1.54) is 0 Å². The van der Waals surface area contributed by atoms with Gasteiger partial charge in [-0.25, -0.2) is 0 Å². The van der Waals surface area contributed by atoms with Gasteiger partial charge in [-0.1, -0.05) is 31.0 Å². The second-order valence-corrected chi connectivity index (χ2v) is 11.2. The maximum Gasteiger partial charge on any atom is 0.262 e. The highest BCUT2D eigenvalue weighted by Gasteiger charge is 2.33. The van der Waals surface area contributed by atoms with Crippen LogP contribution < -0.4 is 26.0 Å². The van der Waals surface area contributed by atoms with Crippen molar-refractivity contribution >= 4 is 35.0 Å². The Morgan fingerprint density at radius 2 is 1.61 bits per heavy atom. The van der Waals surface area contributed by atoms with Crippen LogP contribution in [0.25, 0.3) is 0 Å². The molecule has 0 spiro atoms. The molecule has 0 atom stereocenters. The van der Waals surface area contributed by atoms with E-state index in [9.17, 15) is 19.2 Å². The lowest BCUT2D eigenvalue weighted by Crippen LogP contribution is -2.33. The predicted octanol–water partition coefficient (Wildman–Crippen LogP) is 4.58. The van der Waals surface area contributed by atoms with Gasteiger partial charge in [-0.05, 0) is 93.4 Å². The molecular weight excluding hydrogens is 558 g/mol. The number of hydrogen-bond acceptors (Lipinski definition) is 6. The second-order valence-electron chi connectivity index (χ2n) is 11.2. The first kappa shape index (κ1) is 30.7. The summed E-state index contributed by atoms with van der Waals surface area (Å²) in [5, 5.41) is 11.7. The van der Waals surface area contributed by atoms with Crippen LogP contribution in [-0.4, -0.2) is 61.3 Å². The maximum absolute atomic E-state index is 13.4. The highest BCUT2D eigenvalue weighted by atomic mass is 16.5. The first-order chi connectivity index (χ1) is 21.4. The number of nitrogens with zero attached hydrogens (tertiary/aromatic N) is 1. The van der Waals surface area contributed by atoms with E-state index in [-0.39, 0.29) is 36.3 Å². The van der Waals surface area contributed by atoms with E-state index in [0.717, 1.165) is 50.6 Å². The maximum atomic E-state index is 13.4. The van der Waals surface area contributed by atoms with Crippen molar-refractivity contribution in [2.75, 3.05) is 37.4 Å². The van der Waals surface area contributed by atoms with Crippen LogP contribution in [0.15, 0.2) is 66.7 Å². The van der Waals surface area contributed by atoms with Crippen molar-refractivity contribution in [3.05, 3.63) is 89.0 Å². The smallest absolute Gasteiger partial charge is 0.262 e. The van der Waals surface area contributed by atoms with Gasteiger partial charge >= 0.3 is 0 Å². The Kier molecular flexibility index (Phi) is 10.2. The molecule has 1 saturated carbocycles. The zero-order chi connectivity index (χ0) is 30.9. The number of carbonyl (C=O) groups is 4. The largest absolute Gasteiger partial charge is 0.482 e. The lowest BCUT2D eigenvalue weighted by molar-refractivity contribution is -0.118. The molecule has 2 aliphatic rings. The SMILES string of the molecule is CNCCCCCCNC(=O)c1cccc(NC(=O)c2ccc(CN(C(=O)c3ccc4c(c3)OCC(=O)N4)C3CC3)cc2)c1. The molecule has 10 nitrogen and oxygen atoms in total. The monoisotopic (exact) mass is 597 g/mol. The molecule has 230 valence electrons. The van der Waals surface area contributed by atoms with Crippen LogP contribution in [-0.2, 0) is 11.3 Å². The van der Waals surface area contributed by atoms with Crippen molar-refractivity contribution in [3.8, 4) is 5.75 Å². The summed E-state index contributed by atoms with van der Waals surface area (Å²) in [5.41, 5.74) is 3.47. The van der Waals surface area contributed by atoms with Gasteiger partial charge in [0.25, 0.3) is 23.6 Å².